The van der Waals surface area contributed by atoms with Crippen molar-refractivity contribution in [3.8, 4) is 5.75 Å². The van der Waals surface area contributed by atoms with Gasteiger partial charge in [-0.3, -0.25) is 9.78 Å². The lowest BCUT2D eigenvalue weighted by molar-refractivity contribution is 0.0726. The molecule has 6 heteroatoms. The molecule has 0 bridgehead atoms. The van der Waals surface area contributed by atoms with E-state index >= 15 is 0 Å². The van der Waals surface area contributed by atoms with Gasteiger partial charge in [0, 0.05) is 25.4 Å². The molecule has 0 aliphatic carbocycles. The van der Waals surface area contributed by atoms with Gasteiger partial charge in [-0.1, -0.05) is 6.07 Å². The Hall–Kier alpha value is -2.47. The second kappa shape index (κ2) is 7.69. The topological polar surface area (TPSA) is 56.7 Å². The average Bonchev–Trinajstić information content (AvgIpc) is 2.51. The molecule has 2 rings (SSSR count). The van der Waals surface area contributed by atoms with Gasteiger partial charge in [-0.05, 0) is 38.4 Å². The summed E-state index contributed by atoms with van der Waals surface area (Å²) >= 11 is 0. The zero-order chi connectivity index (χ0) is 16.8. The molecule has 0 atom stereocenters. The van der Waals surface area contributed by atoms with Crippen LogP contribution in [-0.4, -0.2) is 53.0 Å². The molecule has 0 unspecified atom stereocenters. The van der Waals surface area contributed by atoms with Gasteiger partial charge >= 0.3 is 0 Å². The van der Waals surface area contributed by atoms with E-state index in [9.17, 15) is 14.3 Å². The fourth-order valence-corrected chi connectivity index (χ4v) is 2.12. The van der Waals surface area contributed by atoms with Gasteiger partial charge in [-0.25, -0.2) is 4.39 Å². The van der Waals surface area contributed by atoms with Gasteiger partial charge in [0.15, 0.2) is 0 Å². The summed E-state index contributed by atoms with van der Waals surface area (Å²) < 4.78 is 13.1. The first-order chi connectivity index (χ1) is 11.0. The number of carbonyl (C=O) groups excluding carboxylic acids is 1. The number of carbonyl (C=O) groups is 1. The van der Waals surface area contributed by atoms with E-state index in [1.54, 1.807) is 17.2 Å². The second-order valence-electron chi connectivity index (χ2n) is 5.51. The molecule has 122 valence electrons. The number of likely N-dealkylation sites (N-methyl/N-ethyl adjacent to an activating group) is 1. The number of phenols is 1. The standard InChI is InChI=1S/C17H20FN3O2/c1-20(2)9-10-21(12-14-5-3-4-8-19-14)17(23)15-7-6-13(18)11-16(15)22/h3-8,11,22H,9-10,12H2,1-2H3. The van der Waals surface area contributed by atoms with Crippen LogP contribution < -0.4 is 0 Å². The molecule has 1 amide bonds. The number of phenolic OH excluding ortho intramolecular Hbond substituents is 1. The van der Waals surface area contributed by atoms with Crippen LogP contribution in [0.3, 0.4) is 0 Å². The van der Waals surface area contributed by atoms with Gasteiger partial charge in [-0.2, -0.15) is 0 Å². The van der Waals surface area contributed by atoms with Crippen molar-refractivity contribution in [3.63, 3.8) is 0 Å². The van der Waals surface area contributed by atoms with Crippen LogP contribution in [0.25, 0.3) is 0 Å². The highest BCUT2D eigenvalue weighted by atomic mass is 19.1. The summed E-state index contributed by atoms with van der Waals surface area (Å²) in [6, 6.07) is 8.90. The van der Waals surface area contributed by atoms with Crippen LogP contribution in [0.2, 0.25) is 0 Å². The summed E-state index contributed by atoms with van der Waals surface area (Å²) in [7, 11) is 3.83. The van der Waals surface area contributed by atoms with Gasteiger partial charge < -0.3 is 14.9 Å². The van der Waals surface area contributed by atoms with E-state index in [0.717, 1.165) is 17.8 Å². The largest absolute Gasteiger partial charge is 0.507 e. The van der Waals surface area contributed by atoms with Crippen molar-refractivity contribution < 1.29 is 14.3 Å². The minimum Gasteiger partial charge on any atom is -0.507 e. The van der Waals surface area contributed by atoms with E-state index in [1.807, 2.05) is 31.1 Å². The number of benzene rings is 1. The van der Waals surface area contributed by atoms with Crippen LogP contribution >= 0.6 is 0 Å². The van der Waals surface area contributed by atoms with E-state index in [4.69, 9.17) is 0 Å². The SMILES string of the molecule is CN(C)CCN(Cc1ccccn1)C(=O)c1ccc(F)cc1O. The Morgan fingerprint density at radius 3 is 2.61 bits per heavy atom. The third-order valence-corrected chi connectivity index (χ3v) is 3.37. The summed E-state index contributed by atoms with van der Waals surface area (Å²) in [5.41, 5.74) is 0.835. The van der Waals surface area contributed by atoms with Crippen molar-refractivity contribution >= 4 is 5.91 Å². The summed E-state index contributed by atoms with van der Waals surface area (Å²) in [5, 5.41) is 9.84. The zero-order valence-electron chi connectivity index (χ0n) is 13.2. The number of amides is 1. The van der Waals surface area contributed by atoms with Crippen LogP contribution in [0.1, 0.15) is 16.1 Å². The summed E-state index contributed by atoms with van der Waals surface area (Å²) in [5.74, 6) is -1.29. The zero-order valence-corrected chi connectivity index (χ0v) is 13.2. The second-order valence-corrected chi connectivity index (χ2v) is 5.51. The highest BCUT2D eigenvalue weighted by Gasteiger charge is 2.20. The molecule has 1 N–H and O–H groups in total. The van der Waals surface area contributed by atoms with Crippen LogP contribution in [0, 0.1) is 5.82 Å². The molecule has 1 aromatic heterocycles. The van der Waals surface area contributed by atoms with E-state index < -0.39 is 5.82 Å². The lowest BCUT2D eigenvalue weighted by Crippen LogP contribution is -2.36. The van der Waals surface area contributed by atoms with Crippen molar-refractivity contribution in [2.24, 2.45) is 0 Å². The van der Waals surface area contributed by atoms with Gasteiger partial charge in [-0.15, -0.1) is 0 Å². The number of nitrogens with zero attached hydrogens (tertiary/aromatic N) is 3. The van der Waals surface area contributed by atoms with Crippen LogP contribution in [0.15, 0.2) is 42.6 Å². The fraction of sp³-hybridized carbons (Fsp3) is 0.294. The minimum absolute atomic E-state index is 0.0843. The first kappa shape index (κ1) is 16.9. The number of aromatic hydroxyl groups is 1. The predicted octanol–water partition coefficient (Wildman–Crippen LogP) is 2.13. The first-order valence-corrected chi connectivity index (χ1v) is 7.30. The smallest absolute Gasteiger partial charge is 0.258 e. The number of hydrogen-bond acceptors (Lipinski definition) is 4. The maximum absolute atomic E-state index is 13.1. The molecule has 1 heterocycles. The van der Waals surface area contributed by atoms with E-state index in [1.165, 1.54) is 6.07 Å². The molecule has 23 heavy (non-hydrogen) atoms. The van der Waals surface area contributed by atoms with E-state index in [2.05, 4.69) is 4.98 Å². The normalized spacial score (nSPS) is 10.8. The molecule has 0 spiro atoms. The minimum atomic E-state index is -0.580. The Morgan fingerprint density at radius 2 is 2.00 bits per heavy atom. The molecular weight excluding hydrogens is 297 g/mol. The third kappa shape index (κ3) is 4.75. The Labute approximate surface area is 135 Å². The van der Waals surface area contributed by atoms with Crippen molar-refractivity contribution in [1.82, 2.24) is 14.8 Å². The summed E-state index contributed by atoms with van der Waals surface area (Å²) in [6.07, 6.45) is 1.67. The highest BCUT2D eigenvalue weighted by molar-refractivity contribution is 5.96. The first-order valence-electron chi connectivity index (χ1n) is 7.30. The number of rotatable bonds is 6. The lowest BCUT2D eigenvalue weighted by Gasteiger charge is -2.24. The number of halogens is 1. The number of pyridine rings is 1. The Morgan fingerprint density at radius 1 is 1.22 bits per heavy atom. The van der Waals surface area contributed by atoms with Gasteiger partial charge in [0.25, 0.3) is 5.91 Å². The van der Waals surface area contributed by atoms with Crippen molar-refractivity contribution in [3.05, 3.63) is 59.7 Å². The number of aromatic nitrogens is 1. The fourth-order valence-electron chi connectivity index (χ4n) is 2.12. The van der Waals surface area contributed by atoms with Crippen molar-refractivity contribution in [1.29, 1.82) is 0 Å². The maximum Gasteiger partial charge on any atom is 0.258 e. The molecule has 5 nitrogen and oxygen atoms in total. The molecule has 0 saturated carbocycles. The molecule has 2 aromatic rings. The Balaban J connectivity index is 2.22. The molecule has 0 aliphatic heterocycles. The molecule has 0 saturated heterocycles. The molecule has 0 radical (unpaired) electrons. The van der Waals surface area contributed by atoms with Crippen molar-refractivity contribution in [2.75, 3.05) is 27.2 Å². The van der Waals surface area contributed by atoms with Gasteiger partial charge in [0.05, 0.1) is 17.8 Å². The maximum atomic E-state index is 13.1. The lowest BCUT2D eigenvalue weighted by atomic mass is 10.1. The molecular formula is C17H20FN3O2. The molecule has 1 aromatic carbocycles. The van der Waals surface area contributed by atoms with Crippen LogP contribution in [0.4, 0.5) is 4.39 Å². The summed E-state index contributed by atoms with van der Waals surface area (Å²) in [4.78, 5) is 20.5. The van der Waals surface area contributed by atoms with Crippen LogP contribution in [0.5, 0.6) is 5.75 Å². The van der Waals surface area contributed by atoms with Gasteiger partial charge in [0.2, 0.25) is 0 Å². The quantitative estimate of drug-likeness (QED) is 0.887. The monoisotopic (exact) mass is 317 g/mol. The van der Waals surface area contributed by atoms with Gasteiger partial charge in [0.1, 0.15) is 11.6 Å². The highest BCUT2D eigenvalue weighted by Crippen LogP contribution is 2.20. The van der Waals surface area contributed by atoms with Crippen molar-refractivity contribution in [2.45, 2.75) is 6.54 Å². The molecule has 0 aliphatic rings. The van der Waals surface area contributed by atoms with Crippen LogP contribution in [-0.2, 0) is 6.54 Å². The summed E-state index contributed by atoms with van der Waals surface area (Å²) in [6.45, 7) is 1.46. The third-order valence-electron chi connectivity index (χ3n) is 3.37. The van der Waals surface area contributed by atoms with E-state index in [0.29, 0.717) is 19.6 Å². The Bertz CT molecular complexity index is 662. The predicted molar refractivity (Wildman–Crippen MR) is 85.6 cm³/mol. The molecule has 0 fully saturated rings. The Kier molecular flexibility index (Phi) is 5.65. The average molecular weight is 317 g/mol. The number of hydrogen-bond donors (Lipinski definition) is 1. The van der Waals surface area contributed by atoms with E-state index in [-0.39, 0.29) is 17.2 Å².